The molecule has 0 atom stereocenters. The van der Waals surface area contributed by atoms with E-state index in [0.29, 0.717) is 10.8 Å². The van der Waals surface area contributed by atoms with Gasteiger partial charge in [-0.1, -0.05) is 11.6 Å². The second-order valence-electron chi connectivity index (χ2n) is 3.86. The van der Waals surface area contributed by atoms with Gasteiger partial charge in [0, 0.05) is 5.39 Å². The number of aromatic nitrogens is 3. The number of rotatable bonds is 1. The Kier molecular flexibility index (Phi) is 2.52. The predicted molar refractivity (Wildman–Crippen MR) is 68.3 cm³/mol. The van der Waals surface area contributed by atoms with Gasteiger partial charge in [0.2, 0.25) is 0 Å². The standard InChI is InChI=1S/C13H8ClFN3/c1-8-13-9(6-12(14)17-8)7-16-18(13)11-4-2-10(15)3-5-11/h2-7H,1H2. The maximum absolute atomic E-state index is 12.9. The van der Waals surface area contributed by atoms with Crippen molar-refractivity contribution in [3.63, 3.8) is 0 Å². The van der Waals surface area contributed by atoms with Crippen LogP contribution in [0.1, 0.15) is 5.69 Å². The molecule has 3 rings (SSSR count). The smallest absolute Gasteiger partial charge is 0.130 e. The lowest BCUT2D eigenvalue weighted by atomic mass is 10.2. The van der Waals surface area contributed by atoms with Gasteiger partial charge in [0.25, 0.3) is 0 Å². The Morgan fingerprint density at radius 1 is 1.22 bits per heavy atom. The van der Waals surface area contributed by atoms with Crippen LogP contribution in [0.5, 0.6) is 0 Å². The number of halogens is 2. The Labute approximate surface area is 108 Å². The molecule has 2 aromatic heterocycles. The molecule has 3 nitrogen and oxygen atoms in total. The summed E-state index contributed by atoms with van der Waals surface area (Å²) in [4.78, 5) is 4.10. The normalized spacial score (nSPS) is 11.1. The SMILES string of the molecule is [CH2]c1nc(Cl)cc2cnn(-c3ccc(F)cc3)c12. The molecule has 0 aliphatic rings. The fourth-order valence-electron chi connectivity index (χ4n) is 1.88. The van der Waals surface area contributed by atoms with Crippen LogP contribution in [-0.4, -0.2) is 14.8 Å². The summed E-state index contributed by atoms with van der Waals surface area (Å²) < 4.78 is 14.6. The largest absolute Gasteiger partial charge is 0.239 e. The summed E-state index contributed by atoms with van der Waals surface area (Å²) in [7, 11) is 0. The van der Waals surface area contributed by atoms with Crippen molar-refractivity contribution in [2.45, 2.75) is 0 Å². The number of benzene rings is 1. The van der Waals surface area contributed by atoms with Gasteiger partial charge in [0.05, 0.1) is 23.1 Å². The minimum atomic E-state index is -0.286. The number of nitrogens with zero attached hydrogens (tertiary/aromatic N) is 3. The van der Waals surface area contributed by atoms with Gasteiger partial charge in [0.15, 0.2) is 0 Å². The predicted octanol–water partition coefficient (Wildman–Crippen LogP) is 3.40. The van der Waals surface area contributed by atoms with Gasteiger partial charge in [-0.25, -0.2) is 14.1 Å². The Balaban J connectivity index is 2.27. The highest BCUT2D eigenvalue weighted by Gasteiger charge is 2.09. The average molecular weight is 261 g/mol. The molecule has 0 aliphatic carbocycles. The fraction of sp³-hybridized carbons (Fsp3) is 0. The third-order valence-electron chi connectivity index (χ3n) is 2.66. The van der Waals surface area contributed by atoms with Crippen molar-refractivity contribution in [3.8, 4) is 5.69 Å². The van der Waals surface area contributed by atoms with Crippen LogP contribution in [0.4, 0.5) is 4.39 Å². The van der Waals surface area contributed by atoms with Gasteiger partial charge < -0.3 is 0 Å². The molecule has 0 bridgehead atoms. The minimum absolute atomic E-state index is 0.286. The van der Waals surface area contributed by atoms with Crippen molar-refractivity contribution < 1.29 is 4.39 Å². The number of hydrogen-bond donors (Lipinski definition) is 0. The van der Waals surface area contributed by atoms with Crippen molar-refractivity contribution in [2.75, 3.05) is 0 Å². The van der Waals surface area contributed by atoms with Crippen molar-refractivity contribution in [1.29, 1.82) is 0 Å². The van der Waals surface area contributed by atoms with Crippen molar-refractivity contribution in [1.82, 2.24) is 14.8 Å². The molecule has 1 aromatic carbocycles. The maximum Gasteiger partial charge on any atom is 0.130 e. The molecule has 0 spiro atoms. The van der Waals surface area contributed by atoms with E-state index in [-0.39, 0.29) is 5.82 Å². The first-order valence-electron chi connectivity index (χ1n) is 5.27. The first kappa shape index (κ1) is 11.2. The van der Waals surface area contributed by atoms with Gasteiger partial charge in [-0.2, -0.15) is 5.10 Å². The zero-order chi connectivity index (χ0) is 12.7. The molecule has 0 N–H and O–H groups in total. The van der Waals surface area contributed by atoms with E-state index in [1.54, 1.807) is 29.1 Å². The fourth-order valence-corrected chi connectivity index (χ4v) is 2.10. The highest BCUT2D eigenvalue weighted by atomic mass is 35.5. The van der Waals surface area contributed by atoms with Crippen LogP contribution in [-0.2, 0) is 0 Å². The van der Waals surface area contributed by atoms with Crippen LogP contribution < -0.4 is 0 Å². The molecule has 0 aliphatic heterocycles. The molecule has 3 aromatic rings. The van der Waals surface area contributed by atoms with E-state index in [1.165, 1.54) is 12.1 Å². The second-order valence-corrected chi connectivity index (χ2v) is 4.25. The summed E-state index contributed by atoms with van der Waals surface area (Å²) >= 11 is 5.86. The van der Waals surface area contributed by atoms with E-state index < -0.39 is 0 Å². The maximum atomic E-state index is 12.9. The monoisotopic (exact) mass is 260 g/mol. The highest BCUT2D eigenvalue weighted by molar-refractivity contribution is 6.30. The van der Waals surface area contributed by atoms with Crippen molar-refractivity contribution in [2.24, 2.45) is 0 Å². The van der Waals surface area contributed by atoms with E-state index in [4.69, 9.17) is 11.6 Å². The van der Waals surface area contributed by atoms with Crippen LogP contribution in [0.15, 0.2) is 36.5 Å². The van der Waals surface area contributed by atoms with Crippen molar-refractivity contribution in [3.05, 3.63) is 60.1 Å². The van der Waals surface area contributed by atoms with E-state index in [2.05, 4.69) is 17.0 Å². The van der Waals surface area contributed by atoms with Gasteiger partial charge in [-0.15, -0.1) is 0 Å². The summed E-state index contributed by atoms with van der Waals surface area (Å²) in [5, 5.41) is 5.48. The first-order chi connectivity index (χ1) is 8.65. The molecule has 0 amide bonds. The lowest BCUT2D eigenvalue weighted by Crippen LogP contribution is -1.98. The van der Waals surface area contributed by atoms with Gasteiger partial charge >= 0.3 is 0 Å². The van der Waals surface area contributed by atoms with E-state index >= 15 is 0 Å². The summed E-state index contributed by atoms with van der Waals surface area (Å²) in [6.45, 7) is 3.86. The Morgan fingerprint density at radius 2 is 1.94 bits per heavy atom. The number of pyridine rings is 1. The van der Waals surface area contributed by atoms with Crippen LogP contribution >= 0.6 is 11.6 Å². The lowest BCUT2D eigenvalue weighted by molar-refractivity contribution is 0.627. The Hall–Kier alpha value is -1.94. The topological polar surface area (TPSA) is 30.7 Å². The summed E-state index contributed by atoms with van der Waals surface area (Å²) in [6.07, 6.45) is 1.68. The molecule has 1 radical (unpaired) electrons. The lowest BCUT2D eigenvalue weighted by Gasteiger charge is -2.05. The zero-order valence-electron chi connectivity index (χ0n) is 9.27. The molecular weight excluding hydrogens is 253 g/mol. The summed E-state index contributed by atoms with van der Waals surface area (Å²) in [6, 6.07) is 7.79. The van der Waals surface area contributed by atoms with Gasteiger partial charge in [0.1, 0.15) is 11.0 Å². The van der Waals surface area contributed by atoms with Crippen LogP contribution in [0.2, 0.25) is 5.15 Å². The highest BCUT2D eigenvalue weighted by Crippen LogP contribution is 2.23. The van der Waals surface area contributed by atoms with Gasteiger partial charge in [-0.3, -0.25) is 0 Å². The molecule has 0 saturated heterocycles. The van der Waals surface area contributed by atoms with Crippen LogP contribution in [0.3, 0.4) is 0 Å². The molecule has 5 heteroatoms. The Bertz CT molecular complexity index is 719. The van der Waals surface area contributed by atoms with Crippen LogP contribution in [0.25, 0.3) is 16.6 Å². The zero-order valence-corrected chi connectivity index (χ0v) is 10.0. The van der Waals surface area contributed by atoms with E-state index in [0.717, 1.165) is 16.6 Å². The first-order valence-corrected chi connectivity index (χ1v) is 5.65. The molecule has 0 fully saturated rings. The van der Waals surface area contributed by atoms with E-state index in [1.807, 2.05) is 0 Å². The van der Waals surface area contributed by atoms with E-state index in [9.17, 15) is 4.39 Å². The molecular formula is C13H8ClFN3. The molecule has 2 heterocycles. The second kappa shape index (κ2) is 4.07. The number of hydrogen-bond acceptors (Lipinski definition) is 2. The quantitative estimate of drug-likeness (QED) is 0.628. The summed E-state index contributed by atoms with van der Waals surface area (Å²) in [5.74, 6) is -0.286. The average Bonchev–Trinajstić information content (AvgIpc) is 2.74. The van der Waals surface area contributed by atoms with Crippen LogP contribution in [0, 0.1) is 12.7 Å². The van der Waals surface area contributed by atoms with Gasteiger partial charge in [-0.05, 0) is 37.3 Å². The molecule has 18 heavy (non-hydrogen) atoms. The molecule has 0 unspecified atom stereocenters. The molecule has 89 valence electrons. The third-order valence-corrected chi connectivity index (χ3v) is 2.85. The third kappa shape index (κ3) is 1.75. The molecule has 0 saturated carbocycles. The van der Waals surface area contributed by atoms with Crippen molar-refractivity contribution >= 4 is 22.5 Å². The Morgan fingerprint density at radius 3 is 2.67 bits per heavy atom. The summed E-state index contributed by atoms with van der Waals surface area (Å²) in [5.41, 5.74) is 2.06. The minimum Gasteiger partial charge on any atom is -0.239 e. The number of fused-ring (bicyclic) bond motifs is 1.